The number of carboxylic acid groups (broad SMARTS) is 1. The Kier molecular flexibility index (Phi) is 5.39. The number of nitrogens with one attached hydrogen (secondary N) is 1. The number of benzene rings is 1. The fraction of sp³-hybridized carbons (Fsp3) is 0.389. The van der Waals surface area contributed by atoms with Gasteiger partial charge in [0.15, 0.2) is 0 Å². The number of aromatic nitrogens is 1. The minimum atomic E-state index is -1.04. The Morgan fingerprint density at radius 3 is 2.46 bits per heavy atom. The number of hydrogen-bond acceptors (Lipinski definition) is 4. The maximum Gasteiger partial charge on any atom is 0.335 e. The van der Waals surface area contributed by atoms with Crippen molar-refractivity contribution in [3.05, 3.63) is 51.0 Å². The first-order valence-electron chi connectivity index (χ1n) is 7.75. The van der Waals surface area contributed by atoms with Crippen LogP contribution in [0.25, 0.3) is 0 Å². The van der Waals surface area contributed by atoms with Crippen molar-refractivity contribution >= 4 is 23.2 Å². The second-order valence-electron chi connectivity index (χ2n) is 6.78. The maximum absolute atomic E-state index is 12.2. The zero-order chi connectivity index (χ0) is 17.9. The van der Waals surface area contributed by atoms with E-state index in [4.69, 9.17) is 5.11 Å². The van der Waals surface area contributed by atoms with Crippen molar-refractivity contribution < 1.29 is 14.7 Å². The molecule has 0 aliphatic carbocycles. The highest BCUT2D eigenvalue weighted by Gasteiger charge is 2.17. The number of carbonyl (C=O) groups excluding carboxylic acids is 1. The summed E-state index contributed by atoms with van der Waals surface area (Å²) in [6.07, 6.45) is 0.657. The number of aromatic carboxylic acids is 1. The largest absolute Gasteiger partial charge is 0.478 e. The van der Waals surface area contributed by atoms with Crippen LogP contribution in [0.2, 0.25) is 0 Å². The molecule has 24 heavy (non-hydrogen) atoms. The molecule has 128 valence electrons. The summed E-state index contributed by atoms with van der Waals surface area (Å²) in [4.78, 5) is 27.9. The number of aryl methyl sites for hydroxylation is 1. The molecule has 1 heterocycles. The SMILES string of the molecule is Cc1cc(C(=O)O)cc(C(=O)NCCc2nc(C(C)(C)C)cs2)c1. The minimum absolute atomic E-state index is 0.0206. The number of carbonyl (C=O) groups is 2. The number of amides is 1. The third-order valence-corrected chi connectivity index (χ3v) is 4.44. The first-order valence-corrected chi connectivity index (χ1v) is 8.63. The van der Waals surface area contributed by atoms with Gasteiger partial charge in [0.25, 0.3) is 5.91 Å². The van der Waals surface area contributed by atoms with Crippen LogP contribution in [0, 0.1) is 6.92 Å². The average molecular weight is 346 g/mol. The van der Waals surface area contributed by atoms with Crippen LogP contribution < -0.4 is 5.32 Å². The molecule has 0 aliphatic rings. The number of thiazole rings is 1. The molecule has 2 aromatic rings. The number of rotatable bonds is 5. The monoisotopic (exact) mass is 346 g/mol. The lowest BCUT2D eigenvalue weighted by Gasteiger charge is -2.14. The number of hydrogen-bond donors (Lipinski definition) is 2. The second kappa shape index (κ2) is 7.13. The lowest BCUT2D eigenvalue weighted by Crippen LogP contribution is -2.26. The molecular weight excluding hydrogens is 324 g/mol. The Labute approximate surface area is 145 Å². The van der Waals surface area contributed by atoms with E-state index in [-0.39, 0.29) is 16.9 Å². The van der Waals surface area contributed by atoms with Gasteiger partial charge in [-0.25, -0.2) is 9.78 Å². The summed E-state index contributed by atoms with van der Waals surface area (Å²) in [7, 11) is 0. The van der Waals surface area contributed by atoms with E-state index in [1.54, 1.807) is 30.4 Å². The molecule has 2 rings (SSSR count). The van der Waals surface area contributed by atoms with E-state index < -0.39 is 5.97 Å². The molecule has 1 aromatic carbocycles. The van der Waals surface area contributed by atoms with E-state index in [9.17, 15) is 9.59 Å². The van der Waals surface area contributed by atoms with Crippen molar-refractivity contribution in [2.24, 2.45) is 0 Å². The molecule has 5 nitrogen and oxygen atoms in total. The van der Waals surface area contributed by atoms with Gasteiger partial charge in [-0.2, -0.15) is 0 Å². The predicted molar refractivity (Wildman–Crippen MR) is 95.0 cm³/mol. The lowest BCUT2D eigenvalue weighted by molar-refractivity contribution is 0.0696. The molecule has 6 heteroatoms. The molecule has 0 bridgehead atoms. The Morgan fingerprint density at radius 1 is 1.21 bits per heavy atom. The van der Waals surface area contributed by atoms with E-state index in [1.807, 2.05) is 0 Å². The molecule has 0 aliphatic heterocycles. The first-order chi connectivity index (χ1) is 11.2. The third kappa shape index (κ3) is 4.64. The summed E-state index contributed by atoms with van der Waals surface area (Å²) < 4.78 is 0. The van der Waals surface area contributed by atoms with Crippen molar-refractivity contribution in [2.75, 3.05) is 6.54 Å². The fourth-order valence-electron chi connectivity index (χ4n) is 2.19. The van der Waals surface area contributed by atoms with Gasteiger partial charge in [0.05, 0.1) is 16.3 Å². The summed E-state index contributed by atoms with van der Waals surface area (Å²) in [6, 6.07) is 4.62. The van der Waals surface area contributed by atoms with Gasteiger partial charge in [0.2, 0.25) is 0 Å². The highest BCUT2D eigenvalue weighted by molar-refractivity contribution is 7.09. The molecule has 0 unspecified atom stereocenters. The topological polar surface area (TPSA) is 79.3 Å². The first kappa shape index (κ1) is 18.1. The summed E-state index contributed by atoms with van der Waals surface area (Å²) in [5, 5.41) is 14.9. The van der Waals surface area contributed by atoms with Crippen LogP contribution in [-0.4, -0.2) is 28.5 Å². The Balaban J connectivity index is 1.96. The highest BCUT2D eigenvalue weighted by atomic mass is 32.1. The van der Waals surface area contributed by atoms with Crippen molar-refractivity contribution in [1.82, 2.24) is 10.3 Å². The summed E-state index contributed by atoms with van der Waals surface area (Å²) in [6.45, 7) is 8.58. The van der Waals surface area contributed by atoms with Gasteiger partial charge < -0.3 is 10.4 Å². The van der Waals surface area contributed by atoms with Gasteiger partial charge in [-0.05, 0) is 30.7 Å². The summed E-state index contributed by atoms with van der Waals surface area (Å²) in [5.74, 6) is -1.31. The predicted octanol–water partition coefficient (Wildman–Crippen LogP) is 3.42. The van der Waals surface area contributed by atoms with Crippen LogP contribution in [0.4, 0.5) is 0 Å². The van der Waals surface area contributed by atoms with Crippen LogP contribution in [0.5, 0.6) is 0 Å². The van der Waals surface area contributed by atoms with E-state index in [1.165, 1.54) is 6.07 Å². The van der Waals surface area contributed by atoms with Crippen LogP contribution in [0.15, 0.2) is 23.6 Å². The van der Waals surface area contributed by atoms with E-state index in [0.717, 1.165) is 16.3 Å². The molecule has 0 saturated carbocycles. The summed E-state index contributed by atoms with van der Waals surface area (Å²) >= 11 is 1.59. The van der Waals surface area contributed by atoms with Crippen LogP contribution in [0.3, 0.4) is 0 Å². The smallest absolute Gasteiger partial charge is 0.335 e. The van der Waals surface area contributed by atoms with Gasteiger partial charge >= 0.3 is 5.97 Å². The molecule has 0 radical (unpaired) electrons. The zero-order valence-electron chi connectivity index (χ0n) is 14.3. The molecule has 1 amide bonds. The van der Waals surface area contributed by atoms with E-state index in [0.29, 0.717) is 18.5 Å². The van der Waals surface area contributed by atoms with Crippen LogP contribution >= 0.6 is 11.3 Å². The van der Waals surface area contributed by atoms with Crippen LogP contribution in [0.1, 0.15) is 57.8 Å². The van der Waals surface area contributed by atoms with Gasteiger partial charge in [0, 0.05) is 29.3 Å². The van der Waals surface area contributed by atoms with Gasteiger partial charge in [0.1, 0.15) is 0 Å². The molecule has 2 N–H and O–H groups in total. The van der Waals surface area contributed by atoms with E-state index >= 15 is 0 Å². The van der Waals surface area contributed by atoms with Crippen molar-refractivity contribution in [3.8, 4) is 0 Å². The average Bonchev–Trinajstić information content (AvgIpc) is 2.95. The lowest BCUT2D eigenvalue weighted by atomic mass is 9.93. The van der Waals surface area contributed by atoms with Gasteiger partial charge in [-0.15, -0.1) is 11.3 Å². The Hall–Kier alpha value is -2.21. The minimum Gasteiger partial charge on any atom is -0.478 e. The molecule has 1 aromatic heterocycles. The van der Waals surface area contributed by atoms with Crippen LogP contribution in [-0.2, 0) is 11.8 Å². The van der Waals surface area contributed by atoms with Crippen molar-refractivity contribution in [1.29, 1.82) is 0 Å². The molecule has 0 fully saturated rings. The fourth-order valence-corrected chi connectivity index (χ4v) is 3.22. The van der Waals surface area contributed by atoms with E-state index in [2.05, 4.69) is 36.5 Å². The Bertz CT molecular complexity index is 760. The summed E-state index contributed by atoms with van der Waals surface area (Å²) in [5.41, 5.74) is 2.30. The van der Waals surface area contributed by atoms with Gasteiger partial charge in [-0.1, -0.05) is 20.8 Å². The number of nitrogens with zero attached hydrogens (tertiary/aromatic N) is 1. The number of carboxylic acids is 1. The normalized spacial score (nSPS) is 11.3. The van der Waals surface area contributed by atoms with Gasteiger partial charge in [-0.3, -0.25) is 4.79 Å². The molecular formula is C18H22N2O3S. The van der Waals surface area contributed by atoms with Crippen molar-refractivity contribution in [2.45, 2.75) is 39.5 Å². The quantitative estimate of drug-likeness (QED) is 0.869. The second-order valence-corrected chi connectivity index (χ2v) is 7.72. The molecule has 0 spiro atoms. The van der Waals surface area contributed by atoms with Crippen molar-refractivity contribution in [3.63, 3.8) is 0 Å². The standard InChI is InChI=1S/C18H22N2O3S/c1-11-7-12(9-13(8-11)17(22)23)16(21)19-6-5-15-20-14(10-24-15)18(2,3)4/h7-10H,5-6H2,1-4H3,(H,19,21)(H,22,23). The zero-order valence-corrected chi connectivity index (χ0v) is 15.2. The maximum atomic E-state index is 12.2. The molecule has 0 atom stereocenters. The molecule has 0 saturated heterocycles. The highest BCUT2D eigenvalue weighted by Crippen LogP contribution is 2.23. The third-order valence-electron chi connectivity index (χ3n) is 3.53. The Morgan fingerprint density at radius 2 is 1.88 bits per heavy atom.